The summed E-state index contributed by atoms with van der Waals surface area (Å²) in [5, 5.41) is 0. The van der Waals surface area contributed by atoms with Crippen molar-refractivity contribution in [2.24, 2.45) is 0 Å². The standard InChI is InChI=1S/C20H19N3O/c1-3-13-22-16-11-7-8-12-17(16)23-19(14(2)24)18(21-20(22)23)15-9-5-4-6-10-15/h4-12H,3,13H2,1-2H3. The smallest absolute Gasteiger partial charge is 0.216 e. The third-order valence-electron chi connectivity index (χ3n) is 4.34. The molecule has 0 atom stereocenters. The van der Waals surface area contributed by atoms with E-state index in [2.05, 4.69) is 23.6 Å². The first-order valence-corrected chi connectivity index (χ1v) is 8.28. The molecule has 0 saturated heterocycles. The molecule has 2 aromatic heterocycles. The number of hydrogen-bond donors (Lipinski definition) is 0. The number of aromatic nitrogens is 3. The predicted octanol–water partition coefficient (Wildman–Crippen LogP) is 4.57. The maximum Gasteiger partial charge on any atom is 0.216 e. The number of nitrogens with zero attached hydrogens (tertiary/aromatic N) is 3. The van der Waals surface area contributed by atoms with Gasteiger partial charge in [-0.25, -0.2) is 4.98 Å². The second-order valence-corrected chi connectivity index (χ2v) is 6.01. The van der Waals surface area contributed by atoms with E-state index >= 15 is 0 Å². The largest absolute Gasteiger partial charge is 0.310 e. The van der Waals surface area contributed by atoms with Crippen LogP contribution in [0.4, 0.5) is 0 Å². The van der Waals surface area contributed by atoms with Crippen molar-refractivity contribution >= 4 is 22.6 Å². The summed E-state index contributed by atoms with van der Waals surface area (Å²) in [7, 11) is 0. The minimum Gasteiger partial charge on any atom is -0.310 e. The highest BCUT2D eigenvalue weighted by molar-refractivity contribution is 6.01. The number of aryl methyl sites for hydroxylation is 1. The fraction of sp³-hybridized carbons (Fsp3) is 0.200. The molecule has 0 saturated carbocycles. The number of rotatable bonds is 4. The molecule has 0 aliphatic carbocycles. The zero-order valence-corrected chi connectivity index (χ0v) is 13.9. The fourth-order valence-electron chi connectivity index (χ4n) is 3.37. The lowest BCUT2D eigenvalue weighted by atomic mass is 10.1. The highest BCUT2D eigenvalue weighted by Crippen LogP contribution is 2.30. The van der Waals surface area contributed by atoms with Gasteiger partial charge in [0, 0.05) is 19.0 Å². The molecule has 0 radical (unpaired) electrons. The Morgan fingerprint density at radius 3 is 2.33 bits per heavy atom. The van der Waals surface area contributed by atoms with E-state index in [1.54, 1.807) is 6.92 Å². The summed E-state index contributed by atoms with van der Waals surface area (Å²) < 4.78 is 4.21. The van der Waals surface area contributed by atoms with Gasteiger partial charge in [-0.2, -0.15) is 0 Å². The first-order chi connectivity index (χ1) is 11.7. The first kappa shape index (κ1) is 14.7. The molecule has 0 amide bonds. The molecule has 0 fully saturated rings. The van der Waals surface area contributed by atoms with Crippen LogP contribution in [-0.4, -0.2) is 19.7 Å². The van der Waals surface area contributed by atoms with Crippen molar-refractivity contribution < 1.29 is 4.79 Å². The van der Waals surface area contributed by atoms with Crippen LogP contribution in [-0.2, 0) is 6.54 Å². The molecule has 0 bridgehead atoms. The van der Waals surface area contributed by atoms with Gasteiger partial charge >= 0.3 is 0 Å². The Morgan fingerprint density at radius 1 is 1.00 bits per heavy atom. The van der Waals surface area contributed by atoms with Gasteiger partial charge in [0.05, 0.1) is 11.0 Å². The van der Waals surface area contributed by atoms with Crippen LogP contribution < -0.4 is 0 Å². The topological polar surface area (TPSA) is 39.3 Å². The van der Waals surface area contributed by atoms with Crippen LogP contribution >= 0.6 is 0 Å². The zero-order valence-electron chi connectivity index (χ0n) is 13.9. The van der Waals surface area contributed by atoms with Gasteiger partial charge in [0.2, 0.25) is 5.78 Å². The number of hydrogen-bond acceptors (Lipinski definition) is 2. The number of benzene rings is 2. The maximum atomic E-state index is 12.5. The Balaban J connectivity index is 2.15. The highest BCUT2D eigenvalue weighted by Gasteiger charge is 2.23. The number of Topliss-reactive ketones (excluding diaryl/α,β-unsaturated/α-hetero) is 1. The SMILES string of the molecule is CCCn1c2ccccc2n2c(C(C)=O)c(-c3ccccc3)nc12. The molecular formula is C20H19N3O. The Hall–Kier alpha value is -2.88. The van der Waals surface area contributed by atoms with Crippen LogP contribution in [0.25, 0.3) is 28.1 Å². The van der Waals surface area contributed by atoms with E-state index in [0.29, 0.717) is 5.69 Å². The molecule has 2 aromatic carbocycles. The van der Waals surface area contributed by atoms with Gasteiger partial charge < -0.3 is 4.57 Å². The van der Waals surface area contributed by atoms with E-state index in [-0.39, 0.29) is 5.78 Å². The van der Waals surface area contributed by atoms with Gasteiger partial charge in [-0.05, 0) is 18.6 Å². The van der Waals surface area contributed by atoms with Crippen LogP contribution in [0.15, 0.2) is 54.6 Å². The molecule has 0 unspecified atom stereocenters. The number of carbonyl (C=O) groups excluding carboxylic acids is 1. The Morgan fingerprint density at radius 2 is 1.67 bits per heavy atom. The molecule has 0 aliphatic heterocycles. The van der Waals surface area contributed by atoms with Crippen LogP contribution in [0.5, 0.6) is 0 Å². The van der Waals surface area contributed by atoms with E-state index in [0.717, 1.165) is 41.0 Å². The first-order valence-electron chi connectivity index (χ1n) is 8.28. The van der Waals surface area contributed by atoms with Crippen molar-refractivity contribution in [3.05, 3.63) is 60.3 Å². The molecule has 0 N–H and O–H groups in total. The zero-order chi connectivity index (χ0) is 16.7. The second-order valence-electron chi connectivity index (χ2n) is 6.01. The molecular weight excluding hydrogens is 298 g/mol. The molecule has 4 rings (SSSR count). The lowest BCUT2D eigenvalue weighted by Gasteiger charge is -2.03. The summed E-state index contributed by atoms with van der Waals surface area (Å²) in [6, 6.07) is 18.1. The average molecular weight is 317 g/mol. The molecule has 0 spiro atoms. The summed E-state index contributed by atoms with van der Waals surface area (Å²) in [6.07, 6.45) is 1.01. The van der Waals surface area contributed by atoms with Crippen molar-refractivity contribution in [2.75, 3.05) is 0 Å². The summed E-state index contributed by atoms with van der Waals surface area (Å²) in [4.78, 5) is 17.3. The summed E-state index contributed by atoms with van der Waals surface area (Å²) >= 11 is 0. The van der Waals surface area contributed by atoms with Gasteiger partial charge in [0.25, 0.3) is 0 Å². The van der Waals surface area contributed by atoms with Gasteiger partial charge in [0.1, 0.15) is 11.4 Å². The lowest BCUT2D eigenvalue weighted by Crippen LogP contribution is -2.00. The Bertz CT molecular complexity index is 1040. The Labute approximate surface area is 140 Å². The lowest BCUT2D eigenvalue weighted by molar-refractivity contribution is 0.101. The third-order valence-corrected chi connectivity index (χ3v) is 4.34. The van der Waals surface area contributed by atoms with Crippen molar-refractivity contribution in [2.45, 2.75) is 26.8 Å². The highest BCUT2D eigenvalue weighted by atomic mass is 16.1. The summed E-state index contributed by atoms with van der Waals surface area (Å²) in [5.74, 6) is 0.864. The fourth-order valence-corrected chi connectivity index (χ4v) is 3.37. The van der Waals surface area contributed by atoms with Crippen LogP contribution in [0, 0.1) is 0 Å². The Kier molecular flexibility index (Phi) is 3.45. The molecule has 4 aromatic rings. The van der Waals surface area contributed by atoms with Gasteiger partial charge in [0.15, 0.2) is 5.78 Å². The summed E-state index contributed by atoms with van der Waals surface area (Å²) in [6.45, 7) is 4.64. The van der Waals surface area contributed by atoms with E-state index < -0.39 is 0 Å². The number of imidazole rings is 2. The summed E-state index contributed by atoms with van der Waals surface area (Å²) in [5.41, 5.74) is 4.53. The average Bonchev–Trinajstić information content (AvgIpc) is 3.13. The van der Waals surface area contributed by atoms with Crippen LogP contribution in [0.2, 0.25) is 0 Å². The van der Waals surface area contributed by atoms with E-state index in [1.165, 1.54) is 0 Å². The number of carbonyl (C=O) groups is 1. The van der Waals surface area contributed by atoms with E-state index in [1.807, 2.05) is 46.9 Å². The molecule has 120 valence electrons. The van der Waals surface area contributed by atoms with Gasteiger partial charge in [-0.3, -0.25) is 9.20 Å². The third kappa shape index (κ3) is 2.07. The monoisotopic (exact) mass is 317 g/mol. The number of ketones is 1. The van der Waals surface area contributed by atoms with Crippen molar-refractivity contribution in [3.8, 4) is 11.3 Å². The van der Waals surface area contributed by atoms with E-state index in [4.69, 9.17) is 4.98 Å². The van der Waals surface area contributed by atoms with Crippen molar-refractivity contribution in [1.82, 2.24) is 14.0 Å². The molecule has 24 heavy (non-hydrogen) atoms. The minimum atomic E-state index is 0.0285. The van der Waals surface area contributed by atoms with Crippen molar-refractivity contribution in [1.29, 1.82) is 0 Å². The molecule has 2 heterocycles. The van der Waals surface area contributed by atoms with Crippen LogP contribution in [0.3, 0.4) is 0 Å². The maximum absolute atomic E-state index is 12.5. The molecule has 4 nitrogen and oxygen atoms in total. The van der Waals surface area contributed by atoms with Gasteiger partial charge in [-0.15, -0.1) is 0 Å². The number of fused-ring (bicyclic) bond motifs is 3. The van der Waals surface area contributed by atoms with Crippen LogP contribution in [0.1, 0.15) is 30.8 Å². The molecule has 4 heteroatoms. The predicted molar refractivity (Wildman–Crippen MR) is 96.4 cm³/mol. The minimum absolute atomic E-state index is 0.0285. The molecule has 0 aliphatic rings. The quantitative estimate of drug-likeness (QED) is 0.517. The van der Waals surface area contributed by atoms with E-state index in [9.17, 15) is 4.79 Å². The normalized spacial score (nSPS) is 11.4. The number of para-hydroxylation sites is 2. The van der Waals surface area contributed by atoms with Crippen molar-refractivity contribution in [3.63, 3.8) is 0 Å². The second kappa shape index (κ2) is 5.64. The van der Waals surface area contributed by atoms with Gasteiger partial charge in [-0.1, -0.05) is 49.4 Å².